The monoisotopic (exact) mass is 305 g/mol. The van der Waals surface area contributed by atoms with Crippen molar-refractivity contribution in [3.8, 4) is 0 Å². The molecule has 1 aliphatic rings. The van der Waals surface area contributed by atoms with E-state index in [2.05, 4.69) is 4.72 Å². The molecule has 20 heavy (non-hydrogen) atoms. The van der Waals surface area contributed by atoms with Crippen LogP contribution in [0.5, 0.6) is 0 Å². The summed E-state index contributed by atoms with van der Waals surface area (Å²) in [4.78, 5) is 14.1. The second kappa shape index (κ2) is 7.95. The lowest BCUT2D eigenvalue weighted by Crippen LogP contribution is -2.49. The van der Waals surface area contributed by atoms with Crippen molar-refractivity contribution < 1.29 is 13.2 Å². The number of likely N-dealkylation sites (tertiary alicyclic amines) is 1. The van der Waals surface area contributed by atoms with E-state index in [4.69, 9.17) is 5.73 Å². The Morgan fingerprint density at radius 1 is 1.45 bits per heavy atom. The summed E-state index contributed by atoms with van der Waals surface area (Å²) >= 11 is 0. The smallest absolute Gasteiger partial charge is 0.222 e. The average Bonchev–Trinajstić information content (AvgIpc) is 2.35. The molecule has 0 aromatic carbocycles. The fourth-order valence-corrected chi connectivity index (χ4v) is 3.00. The van der Waals surface area contributed by atoms with Crippen LogP contribution in [0.2, 0.25) is 0 Å². The molecular formula is C13H27N3O3S. The molecule has 118 valence electrons. The third-order valence-corrected chi connectivity index (χ3v) is 4.27. The quantitative estimate of drug-likeness (QED) is 0.713. The molecule has 2 atom stereocenters. The van der Waals surface area contributed by atoms with Crippen molar-refractivity contribution >= 4 is 15.9 Å². The van der Waals surface area contributed by atoms with Gasteiger partial charge in [0, 0.05) is 31.6 Å². The van der Waals surface area contributed by atoms with Gasteiger partial charge in [-0.05, 0) is 39.0 Å². The normalized spacial score (nSPS) is 21.8. The van der Waals surface area contributed by atoms with Gasteiger partial charge in [0.05, 0.1) is 6.26 Å². The van der Waals surface area contributed by atoms with Crippen LogP contribution in [-0.2, 0) is 14.8 Å². The fourth-order valence-electron chi connectivity index (χ4n) is 2.51. The van der Waals surface area contributed by atoms with E-state index in [0.29, 0.717) is 13.0 Å². The molecule has 1 saturated heterocycles. The number of rotatable bonds is 7. The Balaban J connectivity index is 2.48. The second-order valence-corrected chi connectivity index (χ2v) is 7.56. The molecule has 0 saturated carbocycles. The highest BCUT2D eigenvalue weighted by Crippen LogP contribution is 2.18. The molecule has 0 bridgehead atoms. The number of hydrogen-bond acceptors (Lipinski definition) is 4. The largest absolute Gasteiger partial charge is 0.338 e. The molecule has 2 unspecified atom stereocenters. The summed E-state index contributed by atoms with van der Waals surface area (Å²) in [7, 11) is -3.21. The van der Waals surface area contributed by atoms with Crippen LogP contribution in [0.25, 0.3) is 0 Å². The van der Waals surface area contributed by atoms with Gasteiger partial charge in [0.25, 0.3) is 0 Å². The van der Waals surface area contributed by atoms with E-state index in [1.54, 1.807) is 0 Å². The molecule has 0 aromatic rings. The maximum absolute atomic E-state index is 12.2. The van der Waals surface area contributed by atoms with Crippen LogP contribution >= 0.6 is 0 Å². The number of carbonyl (C=O) groups is 1. The van der Waals surface area contributed by atoms with Crippen molar-refractivity contribution in [2.24, 2.45) is 5.73 Å². The van der Waals surface area contributed by atoms with Gasteiger partial charge in [0.15, 0.2) is 0 Å². The Morgan fingerprint density at radius 3 is 2.75 bits per heavy atom. The number of nitrogens with zero attached hydrogens (tertiary/aromatic N) is 1. The maximum atomic E-state index is 12.2. The number of nitrogens with two attached hydrogens (primary N) is 1. The van der Waals surface area contributed by atoms with Crippen LogP contribution in [0, 0.1) is 0 Å². The first-order chi connectivity index (χ1) is 9.29. The van der Waals surface area contributed by atoms with Crippen molar-refractivity contribution in [1.29, 1.82) is 0 Å². The molecule has 7 heteroatoms. The third-order valence-electron chi connectivity index (χ3n) is 3.58. The highest BCUT2D eigenvalue weighted by Gasteiger charge is 2.26. The summed E-state index contributed by atoms with van der Waals surface area (Å²) < 4.78 is 24.8. The van der Waals surface area contributed by atoms with E-state index < -0.39 is 10.0 Å². The first-order valence-corrected chi connectivity index (χ1v) is 9.18. The van der Waals surface area contributed by atoms with Crippen LogP contribution in [0.15, 0.2) is 0 Å². The van der Waals surface area contributed by atoms with Gasteiger partial charge in [0.2, 0.25) is 15.9 Å². The molecular weight excluding hydrogens is 278 g/mol. The van der Waals surface area contributed by atoms with Gasteiger partial charge in [-0.1, -0.05) is 0 Å². The Bertz CT molecular complexity index is 409. The van der Waals surface area contributed by atoms with E-state index in [1.165, 1.54) is 0 Å². The number of carbonyl (C=O) groups excluding carboxylic acids is 1. The molecule has 1 fully saturated rings. The van der Waals surface area contributed by atoms with Crippen LogP contribution in [-0.4, -0.2) is 50.7 Å². The van der Waals surface area contributed by atoms with Gasteiger partial charge in [-0.2, -0.15) is 0 Å². The molecule has 0 aliphatic carbocycles. The summed E-state index contributed by atoms with van der Waals surface area (Å²) in [6, 6.07) is 0.105. The Labute approximate surface area is 122 Å². The lowest BCUT2D eigenvalue weighted by molar-refractivity contribution is -0.134. The highest BCUT2D eigenvalue weighted by atomic mass is 32.2. The SMILES string of the molecule is CC(N)CCCC(=O)N1CCCCC1CNS(C)(=O)=O. The van der Waals surface area contributed by atoms with Crippen molar-refractivity contribution in [2.45, 2.75) is 57.5 Å². The highest BCUT2D eigenvalue weighted by molar-refractivity contribution is 7.88. The number of nitrogens with one attached hydrogen (secondary N) is 1. The molecule has 0 aromatic heterocycles. The molecule has 1 rings (SSSR count). The minimum absolute atomic E-state index is 0.0127. The second-order valence-electron chi connectivity index (χ2n) is 5.73. The summed E-state index contributed by atoms with van der Waals surface area (Å²) in [6.45, 7) is 2.98. The minimum Gasteiger partial charge on any atom is -0.338 e. The van der Waals surface area contributed by atoms with E-state index in [-0.39, 0.29) is 18.0 Å². The summed E-state index contributed by atoms with van der Waals surface area (Å²) in [5.41, 5.74) is 5.68. The Morgan fingerprint density at radius 2 is 2.15 bits per heavy atom. The third kappa shape index (κ3) is 6.67. The lowest BCUT2D eigenvalue weighted by atomic mass is 10.0. The molecule has 1 aliphatic heterocycles. The van der Waals surface area contributed by atoms with E-state index >= 15 is 0 Å². The molecule has 3 N–H and O–H groups in total. The molecule has 1 heterocycles. The first kappa shape index (κ1) is 17.4. The van der Waals surface area contributed by atoms with Gasteiger partial charge in [-0.25, -0.2) is 13.1 Å². The number of hydrogen-bond donors (Lipinski definition) is 2. The lowest BCUT2D eigenvalue weighted by Gasteiger charge is -2.36. The predicted octanol–water partition coefficient (Wildman–Crippen LogP) is 0.434. The zero-order chi connectivity index (χ0) is 15.2. The number of piperidine rings is 1. The fraction of sp³-hybridized carbons (Fsp3) is 0.923. The van der Waals surface area contributed by atoms with Gasteiger partial charge in [-0.3, -0.25) is 4.79 Å². The van der Waals surface area contributed by atoms with Crippen LogP contribution in [0.1, 0.15) is 45.4 Å². The number of sulfonamides is 1. The van der Waals surface area contributed by atoms with Crippen LogP contribution < -0.4 is 10.5 Å². The van der Waals surface area contributed by atoms with Crippen molar-refractivity contribution in [3.05, 3.63) is 0 Å². The molecule has 6 nitrogen and oxygen atoms in total. The van der Waals surface area contributed by atoms with Gasteiger partial charge >= 0.3 is 0 Å². The van der Waals surface area contributed by atoms with Crippen LogP contribution in [0.3, 0.4) is 0 Å². The van der Waals surface area contributed by atoms with E-state index in [1.807, 2.05) is 11.8 Å². The Kier molecular flexibility index (Phi) is 6.91. The van der Waals surface area contributed by atoms with Crippen molar-refractivity contribution in [3.63, 3.8) is 0 Å². The van der Waals surface area contributed by atoms with E-state index in [9.17, 15) is 13.2 Å². The average molecular weight is 305 g/mol. The zero-order valence-corrected chi connectivity index (χ0v) is 13.3. The van der Waals surface area contributed by atoms with Crippen molar-refractivity contribution in [1.82, 2.24) is 9.62 Å². The van der Waals surface area contributed by atoms with Gasteiger partial charge in [-0.15, -0.1) is 0 Å². The predicted molar refractivity (Wildman–Crippen MR) is 79.7 cm³/mol. The Hall–Kier alpha value is -0.660. The number of amides is 1. The molecule has 0 radical (unpaired) electrons. The first-order valence-electron chi connectivity index (χ1n) is 7.29. The topological polar surface area (TPSA) is 92.5 Å². The van der Waals surface area contributed by atoms with Gasteiger partial charge < -0.3 is 10.6 Å². The standard InChI is InChI=1S/C13H27N3O3S/c1-11(14)6-5-8-13(17)16-9-4-3-7-12(16)10-15-20(2,18)19/h11-12,15H,3-10,14H2,1-2H3. The van der Waals surface area contributed by atoms with Crippen LogP contribution in [0.4, 0.5) is 0 Å². The molecule has 0 spiro atoms. The summed E-state index contributed by atoms with van der Waals surface area (Å²) in [6.07, 6.45) is 6.17. The molecule has 1 amide bonds. The minimum atomic E-state index is -3.21. The van der Waals surface area contributed by atoms with Crippen molar-refractivity contribution in [2.75, 3.05) is 19.3 Å². The van der Waals surface area contributed by atoms with E-state index in [0.717, 1.165) is 44.9 Å². The maximum Gasteiger partial charge on any atom is 0.222 e. The van der Waals surface area contributed by atoms with Gasteiger partial charge in [0.1, 0.15) is 0 Å². The zero-order valence-electron chi connectivity index (χ0n) is 12.5. The summed E-state index contributed by atoms with van der Waals surface area (Å²) in [5.74, 6) is 0.116. The summed E-state index contributed by atoms with van der Waals surface area (Å²) in [5, 5.41) is 0.